The molecule has 2 aromatic rings. The zero-order chi connectivity index (χ0) is 16.4. The average molecular weight is 335 g/mol. The number of benzene rings is 2. The van der Waals surface area contributed by atoms with Crippen molar-refractivity contribution in [2.75, 3.05) is 13.1 Å². The first kappa shape index (κ1) is 16.0. The van der Waals surface area contributed by atoms with E-state index in [1.807, 2.05) is 0 Å². The van der Waals surface area contributed by atoms with Gasteiger partial charge in [0.2, 0.25) is 10.0 Å². The number of nitrogens with zero attached hydrogens (tertiary/aromatic N) is 1. The van der Waals surface area contributed by atoms with Gasteiger partial charge in [-0.25, -0.2) is 12.8 Å². The molecule has 1 N–H and O–H groups in total. The lowest BCUT2D eigenvalue weighted by atomic mass is 10.1. The van der Waals surface area contributed by atoms with E-state index in [-0.39, 0.29) is 4.90 Å². The van der Waals surface area contributed by atoms with Crippen molar-refractivity contribution in [3.05, 3.63) is 48.3 Å². The lowest BCUT2D eigenvalue weighted by Crippen LogP contribution is -2.35. The van der Waals surface area contributed by atoms with Crippen LogP contribution >= 0.6 is 0 Å². The molecular formula is C17H18FNO3S. The van der Waals surface area contributed by atoms with Gasteiger partial charge >= 0.3 is 0 Å². The van der Waals surface area contributed by atoms with Crippen molar-refractivity contribution in [3.8, 4) is 16.9 Å². The van der Waals surface area contributed by atoms with Crippen LogP contribution in [0.4, 0.5) is 4.39 Å². The third-order valence-corrected chi connectivity index (χ3v) is 6.00. The number of hydrogen-bond donors (Lipinski definition) is 1. The SMILES string of the molecule is O=S(=O)(c1ccc(-c2ccc(O)c(F)c2)cc1)N1CCCCC1. The fraction of sp³-hybridized carbons (Fsp3) is 0.294. The minimum absolute atomic E-state index is 0.252. The molecule has 6 heteroatoms. The third kappa shape index (κ3) is 3.23. The molecule has 122 valence electrons. The Morgan fingerprint density at radius 1 is 0.913 bits per heavy atom. The topological polar surface area (TPSA) is 57.6 Å². The van der Waals surface area contributed by atoms with Crippen molar-refractivity contribution >= 4 is 10.0 Å². The third-order valence-electron chi connectivity index (χ3n) is 4.09. The van der Waals surface area contributed by atoms with E-state index in [0.717, 1.165) is 19.3 Å². The van der Waals surface area contributed by atoms with Crippen molar-refractivity contribution in [2.24, 2.45) is 0 Å². The van der Waals surface area contributed by atoms with Gasteiger partial charge in [0.15, 0.2) is 11.6 Å². The van der Waals surface area contributed by atoms with Gasteiger partial charge in [-0.15, -0.1) is 0 Å². The molecule has 1 heterocycles. The van der Waals surface area contributed by atoms with Gasteiger partial charge in [-0.05, 0) is 48.2 Å². The monoisotopic (exact) mass is 335 g/mol. The molecule has 0 aliphatic carbocycles. The molecule has 1 aliphatic rings. The highest BCUT2D eigenvalue weighted by Crippen LogP contribution is 2.27. The molecule has 1 aliphatic heterocycles. The summed E-state index contributed by atoms with van der Waals surface area (Å²) >= 11 is 0. The van der Waals surface area contributed by atoms with Crippen LogP contribution in [0, 0.1) is 5.82 Å². The molecule has 0 aromatic heterocycles. The van der Waals surface area contributed by atoms with E-state index >= 15 is 0 Å². The van der Waals surface area contributed by atoms with Crippen molar-refractivity contribution in [1.82, 2.24) is 4.31 Å². The van der Waals surface area contributed by atoms with Gasteiger partial charge in [-0.2, -0.15) is 4.31 Å². The second-order valence-corrected chi connectivity index (χ2v) is 7.59. The Balaban J connectivity index is 1.88. The first-order valence-electron chi connectivity index (χ1n) is 7.57. The van der Waals surface area contributed by atoms with Gasteiger partial charge in [0, 0.05) is 13.1 Å². The van der Waals surface area contributed by atoms with Gasteiger partial charge in [-0.1, -0.05) is 24.6 Å². The largest absolute Gasteiger partial charge is 0.505 e. The van der Waals surface area contributed by atoms with Crippen LogP contribution in [-0.4, -0.2) is 30.9 Å². The molecule has 3 rings (SSSR count). The molecule has 1 saturated heterocycles. The van der Waals surface area contributed by atoms with Crippen molar-refractivity contribution in [2.45, 2.75) is 24.2 Å². The van der Waals surface area contributed by atoms with E-state index in [1.165, 1.54) is 16.4 Å². The Labute approximate surface area is 135 Å². The predicted octanol–water partition coefficient (Wildman–Crippen LogP) is 3.37. The number of phenols is 1. The number of sulfonamides is 1. The van der Waals surface area contributed by atoms with Crippen LogP contribution in [0.3, 0.4) is 0 Å². The Hall–Kier alpha value is -1.92. The van der Waals surface area contributed by atoms with Gasteiger partial charge in [0.1, 0.15) is 0 Å². The van der Waals surface area contributed by atoms with Crippen molar-refractivity contribution in [1.29, 1.82) is 0 Å². The molecule has 0 saturated carbocycles. The zero-order valence-corrected chi connectivity index (χ0v) is 13.4. The second-order valence-electron chi connectivity index (χ2n) is 5.66. The second kappa shape index (κ2) is 6.29. The van der Waals surface area contributed by atoms with E-state index in [0.29, 0.717) is 24.2 Å². The van der Waals surface area contributed by atoms with Crippen LogP contribution in [0.5, 0.6) is 5.75 Å². The van der Waals surface area contributed by atoms with Crippen molar-refractivity contribution < 1.29 is 17.9 Å². The van der Waals surface area contributed by atoms with Gasteiger partial charge in [0.25, 0.3) is 0 Å². The standard InChI is InChI=1S/C17H18FNO3S/c18-16-12-14(6-9-17(16)20)13-4-7-15(8-5-13)23(21,22)19-10-2-1-3-11-19/h4-9,12,20H,1-3,10-11H2. The zero-order valence-electron chi connectivity index (χ0n) is 12.6. The van der Waals surface area contributed by atoms with Crippen LogP contribution in [0.25, 0.3) is 11.1 Å². The quantitative estimate of drug-likeness (QED) is 0.935. The molecule has 0 amide bonds. The summed E-state index contributed by atoms with van der Waals surface area (Å²) in [7, 11) is -3.46. The maximum Gasteiger partial charge on any atom is 0.243 e. The van der Waals surface area contributed by atoms with Crippen LogP contribution < -0.4 is 0 Å². The van der Waals surface area contributed by atoms with Gasteiger partial charge < -0.3 is 5.11 Å². The van der Waals surface area contributed by atoms with E-state index in [2.05, 4.69) is 0 Å². The number of halogens is 1. The van der Waals surface area contributed by atoms with E-state index in [4.69, 9.17) is 0 Å². The molecule has 0 atom stereocenters. The highest BCUT2D eigenvalue weighted by molar-refractivity contribution is 7.89. The predicted molar refractivity (Wildman–Crippen MR) is 86.1 cm³/mol. The molecule has 1 fully saturated rings. The van der Waals surface area contributed by atoms with E-state index in [1.54, 1.807) is 30.3 Å². The van der Waals surface area contributed by atoms with Gasteiger partial charge in [-0.3, -0.25) is 0 Å². The highest BCUT2D eigenvalue weighted by atomic mass is 32.2. The summed E-state index contributed by atoms with van der Waals surface area (Å²) in [6.45, 7) is 1.13. The number of rotatable bonds is 3. The van der Waals surface area contributed by atoms with Crippen LogP contribution in [0.2, 0.25) is 0 Å². The van der Waals surface area contributed by atoms with Gasteiger partial charge in [0.05, 0.1) is 4.90 Å². The molecule has 0 spiro atoms. The van der Waals surface area contributed by atoms with Crippen molar-refractivity contribution in [3.63, 3.8) is 0 Å². The molecule has 0 radical (unpaired) electrons. The molecule has 4 nitrogen and oxygen atoms in total. The Kier molecular flexibility index (Phi) is 4.37. The fourth-order valence-electron chi connectivity index (χ4n) is 2.76. The number of hydrogen-bond acceptors (Lipinski definition) is 3. The normalized spacial score (nSPS) is 16.4. The highest BCUT2D eigenvalue weighted by Gasteiger charge is 2.25. The molecular weight excluding hydrogens is 317 g/mol. The Morgan fingerprint density at radius 3 is 2.13 bits per heavy atom. The minimum atomic E-state index is -3.46. The molecule has 0 unspecified atom stereocenters. The van der Waals surface area contributed by atoms with E-state index in [9.17, 15) is 17.9 Å². The molecule has 2 aromatic carbocycles. The summed E-state index contributed by atoms with van der Waals surface area (Å²) in [6.07, 6.45) is 2.85. The lowest BCUT2D eigenvalue weighted by molar-refractivity contribution is 0.346. The van der Waals surface area contributed by atoms with Crippen LogP contribution in [0.15, 0.2) is 47.4 Å². The summed E-state index contributed by atoms with van der Waals surface area (Å²) in [5.41, 5.74) is 1.28. The maximum absolute atomic E-state index is 13.4. The first-order chi connectivity index (χ1) is 11.0. The summed E-state index contributed by atoms with van der Waals surface area (Å²) < 4.78 is 40.1. The number of aromatic hydroxyl groups is 1. The summed E-state index contributed by atoms with van der Waals surface area (Å²) in [5, 5.41) is 9.23. The summed E-state index contributed by atoms with van der Waals surface area (Å²) in [5.74, 6) is -1.11. The smallest absolute Gasteiger partial charge is 0.243 e. The molecule has 23 heavy (non-hydrogen) atoms. The van der Waals surface area contributed by atoms with Crippen LogP contribution in [-0.2, 0) is 10.0 Å². The minimum Gasteiger partial charge on any atom is -0.505 e. The maximum atomic E-state index is 13.4. The van der Waals surface area contributed by atoms with E-state index < -0.39 is 21.6 Å². The summed E-state index contributed by atoms with van der Waals surface area (Å²) in [4.78, 5) is 0.252. The Bertz CT molecular complexity index is 797. The number of phenolic OH excluding ortho intramolecular Hbond substituents is 1. The average Bonchev–Trinajstić information content (AvgIpc) is 2.58. The molecule has 0 bridgehead atoms. The Morgan fingerprint density at radius 2 is 1.52 bits per heavy atom. The number of piperidine rings is 1. The summed E-state index contributed by atoms with van der Waals surface area (Å²) in [6, 6.07) is 10.5. The first-order valence-corrected chi connectivity index (χ1v) is 9.01. The lowest BCUT2D eigenvalue weighted by Gasteiger charge is -2.25. The van der Waals surface area contributed by atoms with Crippen LogP contribution in [0.1, 0.15) is 19.3 Å². The fourth-order valence-corrected chi connectivity index (χ4v) is 4.28.